The Morgan fingerprint density at radius 2 is 1.95 bits per heavy atom. The van der Waals surface area contributed by atoms with Crippen LogP contribution < -0.4 is 10.6 Å². The van der Waals surface area contributed by atoms with Crippen molar-refractivity contribution in [1.29, 1.82) is 0 Å². The van der Waals surface area contributed by atoms with Gasteiger partial charge in [-0.05, 0) is 31.0 Å². The van der Waals surface area contributed by atoms with Crippen molar-refractivity contribution in [3.05, 3.63) is 42.0 Å². The van der Waals surface area contributed by atoms with Crippen LogP contribution in [0.4, 0.5) is 21.7 Å². The van der Waals surface area contributed by atoms with E-state index in [9.17, 15) is 4.39 Å². The fourth-order valence-corrected chi connectivity index (χ4v) is 1.59. The first kappa shape index (κ1) is 13.3. The number of halogens is 1. The third-order valence-corrected chi connectivity index (χ3v) is 2.67. The number of aromatic nitrogens is 2. The molecule has 0 aliphatic rings. The first-order valence-corrected chi connectivity index (χ1v) is 6.28. The molecule has 0 unspecified atom stereocenters. The lowest BCUT2D eigenvalue weighted by Crippen LogP contribution is -2.03. The highest BCUT2D eigenvalue weighted by Gasteiger charge is 2.02. The van der Waals surface area contributed by atoms with Gasteiger partial charge < -0.3 is 10.6 Å². The number of aryl methyl sites for hydroxylation is 1. The minimum atomic E-state index is -0.233. The predicted molar refractivity (Wildman–Crippen MR) is 75.2 cm³/mol. The number of hydrogen-bond donors (Lipinski definition) is 2. The van der Waals surface area contributed by atoms with Gasteiger partial charge in [-0.3, -0.25) is 0 Å². The molecule has 1 aromatic heterocycles. The SMILES string of the molecule is CCCNc1cc(Nc2ccc(C)c(F)c2)ncn1. The van der Waals surface area contributed by atoms with Gasteiger partial charge in [-0.25, -0.2) is 14.4 Å². The van der Waals surface area contributed by atoms with Gasteiger partial charge in [0.25, 0.3) is 0 Å². The van der Waals surface area contributed by atoms with Crippen LogP contribution in [0.25, 0.3) is 0 Å². The molecule has 0 aliphatic carbocycles. The third-order valence-electron chi connectivity index (χ3n) is 2.67. The van der Waals surface area contributed by atoms with Crippen molar-refractivity contribution in [3.63, 3.8) is 0 Å². The lowest BCUT2D eigenvalue weighted by molar-refractivity contribution is 0.619. The van der Waals surface area contributed by atoms with Gasteiger partial charge in [0.1, 0.15) is 23.8 Å². The maximum atomic E-state index is 13.4. The number of rotatable bonds is 5. The van der Waals surface area contributed by atoms with Crippen LogP contribution in [-0.2, 0) is 0 Å². The number of nitrogens with one attached hydrogen (secondary N) is 2. The molecule has 0 atom stereocenters. The fraction of sp³-hybridized carbons (Fsp3) is 0.286. The van der Waals surface area contributed by atoms with Crippen molar-refractivity contribution < 1.29 is 4.39 Å². The topological polar surface area (TPSA) is 49.8 Å². The van der Waals surface area contributed by atoms with E-state index in [2.05, 4.69) is 27.5 Å². The lowest BCUT2D eigenvalue weighted by atomic mass is 10.2. The van der Waals surface area contributed by atoms with Crippen molar-refractivity contribution in [3.8, 4) is 0 Å². The van der Waals surface area contributed by atoms with E-state index < -0.39 is 0 Å². The van der Waals surface area contributed by atoms with Gasteiger partial charge in [0.05, 0.1) is 0 Å². The van der Waals surface area contributed by atoms with Crippen molar-refractivity contribution in [1.82, 2.24) is 9.97 Å². The van der Waals surface area contributed by atoms with Gasteiger partial charge >= 0.3 is 0 Å². The van der Waals surface area contributed by atoms with E-state index in [1.807, 2.05) is 6.07 Å². The van der Waals surface area contributed by atoms with E-state index >= 15 is 0 Å². The summed E-state index contributed by atoms with van der Waals surface area (Å²) in [5, 5.41) is 6.23. The van der Waals surface area contributed by atoms with Gasteiger partial charge in [0, 0.05) is 18.3 Å². The Morgan fingerprint density at radius 3 is 2.68 bits per heavy atom. The zero-order chi connectivity index (χ0) is 13.7. The van der Waals surface area contributed by atoms with Crippen LogP contribution in [0, 0.1) is 12.7 Å². The minimum absolute atomic E-state index is 0.233. The highest BCUT2D eigenvalue weighted by Crippen LogP contribution is 2.18. The average molecular weight is 260 g/mol. The first-order valence-electron chi connectivity index (χ1n) is 6.28. The molecule has 0 radical (unpaired) electrons. The highest BCUT2D eigenvalue weighted by atomic mass is 19.1. The van der Waals surface area contributed by atoms with Crippen LogP contribution in [-0.4, -0.2) is 16.5 Å². The molecule has 1 heterocycles. The first-order chi connectivity index (χ1) is 9.19. The Balaban J connectivity index is 2.11. The maximum Gasteiger partial charge on any atom is 0.135 e. The molecule has 0 spiro atoms. The second-order valence-corrected chi connectivity index (χ2v) is 4.30. The molecule has 2 aromatic rings. The molecular formula is C14H17FN4. The molecule has 1 aromatic carbocycles. The van der Waals surface area contributed by atoms with Gasteiger partial charge in [0.15, 0.2) is 0 Å². The minimum Gasteiger partial charge on any atom is -0.370 e. The summed E-state index contributed by atoms with van der Waals surface area (Å²) < 4.78 is 13.4. The summed E-state index contributed by atoms with van der Waals surface area (Å²) in [4.78, 5) is 8.22. The van der Waals surface area contributed by atoms with E-state index in [0.717, 1.165) is 18.8 Å². The largest absolute Gasteiger partial charge is 0.370 e. The summed E-state index contributed by atoms with van der Waals surface area (Å²) in [5.41, 5.74) is 1.29. The molecule has 100 valence electrons. The number of hydrogen-bond acceptors (Lipinski definition) is 4. The molecule has 0 aliphatic heterocycles. The van der Waals surface area contributed by atoms with Crippen LogP contribution in [0.2, 0.25) is 0 Å². The summed E-state index contributed by atoms with van der Waals surface area (Å²) >= 11 is 0. The Kier molecular flexibility index (Phi) is 4.28. The van der Waals surface area contributed by atoms with Crippen molar-refractivity contribution in [2.75, 3.05) is 17.2 Å². The third kappa shape index (κ3) is 3.64. The van der Waals surface area contributed by atoms with E-state index in [-0.39, 0.29) is 5.82 Å². The maximum absolute atomic E-state index is 13.4. The Hall–Kier alpha value is -2.17. The van der Waals surface area contributed by atoms with Crippen LogP contribution in [0.15, 0.2) is 30.6 Å². The summed E-state index contributed by atoms with van der Waals surface area (Å²) in [6, 6.07) is 6.80. The second-order valence-electron chi connectivity index (χ2n) is 4.30. The van der Waals surface area contributed by atoms with Gasteiger partial charge in [-0.15, -0.1) is 0 Å². The fourth-order valence-electron chi connectivity index (χ4n) is 1.59. The van der Waals surface area contributed by atoms with E-state index in [1.54, 1.807) is 19.1 Å². The van der Waals surface area contributed by atoms with Crippen molar-refractivity contribution >= 4 is 17.3 Å². The molecule has 2 rings (SSSR count). The Morgan fingerprint density at radius 1 is 1.16 bits per heavy atom. The molecule has 2 N–H and O–H groups in total. The predicted octanol–water partition coefficient (Wildman–Crippen LogP) is 3.49. The molecule has 5 heteroatoms. The Labute approximate surface area is 112 Å². The smallest absolute Gasteiger partial charge is 0.135 e. The van der Waals surface area contributed by atoms with Crippen LogP contribution in [0.3, 0.4) is 0 Å². The molecule has 0 saturated heterocycles. The van der Waals surface area contributed by atoms with Gasteiger partial charge in [0.2, 0.25) is 0 Å². The second kappa shape index (κ2) is 6.13. The monoisotopic (exact) mass is 260 g/mol. The van der Waals surface area contributed by atoms with Crippen LogP contribution in [0.1, 0.15) is 18.9 Å². The molecule has 0 fully saturated rings. The summed E-state index contributed by atoms with van der Waals surface area (Å²) in [6.45, 7) is 4.68. The zero-order valence-electron chi connectivity index (χ0n) is 11.1. The quantitative estimate of drug-likeness (QED) is 0.864. The Bertz CT molecular complexity index is 557. The van der Waals surface area contributed by atoms with E-state index in [1.165, 1.54) is 12.4 Å². The summed E-state index contributed by atoms with van der Waals surface area (Å²) in [5.74, 6) is 1.16. The average Bonchev–Trinajstić information content (AvgIpc) is 2.41. The molecule has 0 amide bonds. The zero-order valence-corrected chi connectivity index (χ0v) is 11.1. The molecule has 4 nitrogen and oxygen atoms in total. The van der Waals surface area contributed by atoms with Crippen molar-refractivity contribution in [2.24, 2.45) is 0 Å². The summed E-state index contributed by atoms with van der Waals surface area (Å²) in [7, 11) is 0. The number of nitrogens with zero attached hydrogens (tertiary/aromatic N) is 2. The van der Waals surface area contributed by atoms with Gasteiger partial charge in [-0.2, -0.15) is 0 Å². The number of benzene rings is 1. The molecule has 19 heavy (non-hydrogen) atoms. The van der Waals surface area contributed by atoms with Gasteiger partial charge in [-0.1, -0.05) is 13.0 Å². The van der Waals surface area contributed by atoms with Crippen molar-refractivity contribution in [2.45, 2.75) is 20.3 Å². The van der Waals surface area contributed by atoms with E-state index in [4.69, 9.17) is 0 Å². The molecule has 0 saturated carbocycles. The number of anilines is 3. The lowest BCUT2D eigenvalue weighted by Gasteiger charge is -2.08. The molecular weight excluding hydrogens is 243 g/mol. The standard InChI is InChI=1S/C14H17FN4/c1-3-6-16-13-8-14(18-9-17-13)19-11-5-4-10(2)12(15)7-11/h4-5,7-9H,3,6H2,1-2H3,(H2,16,17,18,19). The molecule has 0 bridgehead atoms. The van der Waals surface area contributed by atoms with Crippen LogP contribution >= 0.6 is 0 Å². The van der Waals surface area contributed by atoms with Crippen LogP contribution in [0.5, 0.6) is 0 Å². The summed E-state index contributed by atoms with van der Waals surface area (Å²) in [6.07, 6.45) is 2.50. The highest BCUT2D eigenvalue weighted by molar-refractivity contribution is 5.59. The normalized spacial score (nSPS) is 10.3. The van der Waals surface area contributed by atoms with E-state index in [0.29, 0.717) is 17.1 Å².